The Kier molecular flexibility index (Phi) is 2.77. The van der Waals surface area contributed by atoms with Crippen molar-refractivity contribution < 1.29 is 4.74 Å². The smallest absolute Gasteiger partial charge is 0.119 e. The number of benzene rings is 1. The van der Waals surface area contributed by atoms with E-state index in [9.17, 15) is 0 Å². The maximum Gasteiger partial charge on any atom is 0.119 e. The van der Waals surface area contributed by atoms with Gasteiger partial charge in [-0.05, 0) is 28.1 Å². The minimum Gasteiger partial charge on any atom is -0.497 e. The first-order valence-electron chi connectivity index (χ1n) is 4.54. The minimum absolute atomic E-state index is 0.848. The maximum absolute atomic E-state index is 5.19. The number of aryl methyl sites for hydroxylation is 1. The van der Waals surface area contributed by atoms with E-state index in [0.29, 0.717) is 0 Å². The minimum atomic E-state index is 0.848. The molecule has 78 valence electrons. The van der Waals surface area contributed by atoms with Crippen molar-refractivity contribution >= 4 is 15.9 Å². The second-order valence-electron chi connectivity index (χ2n) is 3.20. The van der Waals surface area contributed by atoms with Crippen LogP contribution in [0.5, 0.6) is 5.75 Å². The third kappa shape index (κ3) is 1.90. The molecule has 1 aromatic carbocycles. The lowest BCUT2D eigenvalue weighted by molar-refractivity contribution is 0.415. The normalized spacial score (nSPS) is 10.3. The lowest BCUT2D eigenvalue weighted by atomic mass is 10.1. The van der Waals surface area contributed by atoms with E-state index in [2.05, 4.69) is 21.0 Å². The quantitative estimate of drug-likeness (QED) is 0.836. The standard InChI is InChI=1S/C11H11BrN2O/c1-14-11(10(12)7-13-14)8-4-3-5-9(6-8)15-2/h3-7H,1-2H3. The van der Waals surface area contributed by atoms with Crippen LogP contribution in [0.15, 0.2) is 34.9 Å². The van der Waals surface area contributed by atoms with Crippen LogP contribution < -0.4 is 4.74 Å². The molecule has 15 heavy (non-hydrogen) atoms. The largest absolute Gasteiger partial charge is 0.497 e. The lowest BCUT2D eigenvalue weighted by Gasteiger charge is -2.05. The molecule has 1 aromatic heterocycles. The van der Waals surface area contributed by atoms with Crippen LogP contribution in [0, 0.1) is 0 Å². The van der Waals surface area contributed by atoms with Gasteiger partial charge in [0.2, 0.25) is 0 Å². The highest BCUT2D eigenvalue weighted by Gasteiger charge is 2.08. The summed E-state index contributed by atoms with van der Waals surface area (Å²) in [5, 5.41) is 4.18. The second kappa shape index (κ2) is 4.06. The first-order chi connectivity index (χ1) is 7.22. The SMILES string of the molecule is COc1cccc(-c2c(Br)cnn2C)c1. The predicted octanol–water partition coefficient (Wildman–Crippen LogP) is 2.86. The molecule has 0 fully saturated rings. The van der Waals surface area contributed by atoms with Gasteiger partial charge in [0.05, 0.1) is 23.5 Å². The van der Waals surface area contributed by atoms with E-state index in [-0.39, 0.29) is 0 Å². The molecule has 0 unspecified atom stereocenters. The van der Waals surface area contributed by atoms with Crippen molar-refractivity contribution in [1.82, 2.24) is 9.78 Å². The molecule has 3 nitrogen and oxygen atoms in total. The van der Waals surface area contributed by atoms with E-state index in [4.69, 9.17) is 4.74 Å². The molecule has 0 aliphatic rings. The molecule has 0 radical (unpaired) electrons. The third-order valence-electron chi connectivity index (χ3n) is 2.24. The summed E-state index contributed by atoms with van der Waals surface area (Å²) in [6, 6.07) is 7.91. The molecule has 0 aliphatic carbocycles. The highest BCUT2D eigenvalue weighted by Crippen LogP contribution is 2.29. The highest BCUT2D eigenvalue weighted by molar-refractivity contribution is 9.10. The fourth-order valence-corrected chi connectivity index (χ4v) is 2.08. The van der Waals surface area contributed by atoms with Crippen LogP contribution in [0.1, 0.15) is 0 Å². The van der Waals surface area contributed by atoms with Crippen LogP contribution in [0.2, 0.25) is 0 Å². The Hall–Kier alpha value is -1.29. The van der Waals surface area contributed by atoms with Crippen molar-refractivity contribution in [2.75, 3.05) is 7.11 Å². The fourth-order valence-electron chi connectivity index (χ4n) is 1.51. The number of methoxy groups -OCH3 is 1. The number of rotatable bonds is 2. The van der Waals surface area contributed by atoms with Crippen molar-refractivity contribution in [3.63, 3.8) is 0 Å². The van der Waals surface area contributed by atoms with Crippen molar-refractivity contribution in [2.24, 2.45) is 7.05 Å². The van der Waals surface area contributed by atoms with Crippen molar-refractivity contribution in [3.8, 4) is 17.0 Å². The number of halogens is 1. The molecule has 2 aromatic rings. The Bertz CT molecular complexity index is 460. The van der Waals surface area contributed by atoms with Crippen molar-refractivity contribution in [2.45, 2.75) is 0 Å². The maximum atomic E-state index is 5.19. The van der Waals surface area contributed by atoms with E-state index in [1.165, 1.54) is 0 Å². The molecule has 0 N–H and O–H groups in total. The Labute approximate surface area is 96.8 Å². The monoisotopic (exact) mass is 266 g/mol. The Morgan fingerprint density at radius 2 is 2.20 bits per heavy atom. The topological polar surface area (TPSA) is 27.1 Å². The zero-order valence-corrected chi connectivity index (χ0v) is 10.2. The van der Waals surface area contributed by atoms with Crippen LogP contribution in [-0.2, 0) is 7.05 Å². The van der Waals surface area contributed by atoms with E-state index in [1.807, 2.05) is 36.0 Å². The summed E-state index contributed by atoms with van der Waals surface area (Å²) in [6.07, 6.45) is 1.79. The van der Waals surface area contributed by atoms with Gasteiger partial charge in [-0.2, -0.15) is 5.10 Å². The molecule has 0 saturated carbocycles. The molecule has 0 atom stereocenters. The molecule has 4 heteroatoms. The number of hydrogen-bond donors (Lipinski definition) is 0. The number of ether oxygens (including phenoxy) is 1. The summed E-state index contributed by atoms with van der Waals surface area (Å²) in [6.45, 7) is 0. The molecular weight excluding hydrogens is 256 g/mol. The molecule has 1 heterocycles. The van der Waals surface area contributed by atoms with Crippen molar-refractivity contribution in [1.29, 1.82) is 0 Å². The fraction of sp³-hybridized carbons (Fsp3) is 0.182. The first kappa shape index (κ1) is 10.2. The van der Waals surface area contributed by atoms with Gasteiger partial charge in [0.15, 0.2) is 0 Å². The van der Waals surface area contributed by atoms with Crippen LogP contribution in [0.25, 0.3) is 11.3 Å². The van der Waals surface area contributed by atoms with Crippen LogP contribution in [-0.4, -0.2) is 16.9 Å². The number of nitrogens with zero attached hydrogens (tertiary/aromatic N) is 2. The second-order valence-corrected chi connectivity index (χ2v) is 4.05. The molecule has 0 aliphatic heterocycles. The lowest BCUT2D eigenvalue weighted by Crippen LogP contribution is -1.94. The van der Waals surface area contributed by atoms with Gasteiger partial charge in [-0.1, -0.05) is 12.1 Å². The van der Waals surface area contributed by atoms with Gasteiger partial charge in [-0.25, -0.2) is 0 Å². The molecule has 2 rings (SSSR count). The number of hydrogen-bond acceptors (Lipinski definition) is 2. The van der Waals surface area contributed by atoms with E-state index >= 15 is 0 Å². The average Bonchev–Trinajstić information content (AvgIpc) is 2.59. The summed E-state index contributed by atoms with van der Waals surface area (Å²) in [4.78, 5) is 0. The van der Waals surface area contributed by atoms with Gasteiger partial charge in [-0.15, -0.1) is 0 Å². The molecule has 0 bridgehead atoms. The summed E-state index contributed by atoms with van der Waals surface area (Å²) < 4.78 is 8.00. The molecule has 0 saturated heterocycles. The zero-order valence-electron chi connectivity index (χ0n) is 8.57. The van der Waals surface area contributed by atoms with E-state index < -0.39 is 0 Å². The van der Waals surface area contributed by atoms with Gasteiger partial charge in [-0.3, -0.25) is 4.68 Å². The Balaban J connectivity index is 2.53. The van der Waals surface area contributed by atoms with Crippen molar-refractivity contribution in [3.05, 3.63) is 34.9 Å². The Morgan fingerprint density at radius 1 is 1.40 bits per heavy atom. The third-order valence-corrected chi connectivity index (χ3v) is 2.82. The summed E-state index contributed by atoms with van der Waals surface area (Å²) >= 11 is 3.48. The number of aromatic nitrogens is 2. The molecule has 0 amide bonds. The van der Waals surface area contributed by atoms with Gasteiger partial charge in [0, 0.05) is 12.6 Å². The van der Waals surface area contributed by atoms with E-state index in [0.717, 1.165) is 21.5 Å². The van der Waals surface area contributed by atoms with Crippen LogP contribution in [0.4, 0.5) is 0 Å². The van der Waals surface area contributed by atoms with Crippen LogP contribution >= 0.6 is 15.9 Å². The van der Waals surface area contributed by atoms with Gasteiger partial charge in [0.1, 0.15) is 5.75 Å². The highest BCUT2D eigenvalue weighted by atomic mass is 79.9. The average molecular weight is 267 g/mol. The summed E-state index contributed by atoms with van der Waals surface area (Å²) in [7, 11) is 3.58. The summed E-state index contributed by atoms with van der Waals surface area (Å²) in [5.74, 6) is 0.848. The zero-order chi connectivity index (χ0) is 10.8. The Morgan fingerprint density at radius 3 is 2.80 bits per heavy atom. The van der Waals surface area contributed by atoms with Gasteiger partial charge < -0.3 is 4.74 Å². The van der Waals surface area contributed by atoms with E-state index in [1.54, 1.807) is 13.3 Å². The molecular formula is C11H11BrN2O. The molecule has 0 spiro atoms. The predicted molar refractivity (Wildman–Crippen MR) is 62.9 cm³/mol. The summed E-state index contributed by atoms with van der Waals surface area (Å²) in [5.41, 5.74) is 2.13. The van der Waals surface area contributed by atoms with Gasteiger partial charge in [0.25, 0.3) is 0 Å². The van der Waals surface area contributed by atoms with Gasteiger partial charge >= 0.3 is 0 Å². The first-order valence-corrected chi connectivity index (χ1v) is 5.33. The van der Waals surface area contributed by atoms with Crippen LogP contribution in [0.3, 0.4) is 0 Å².